The van der Waals surface area contributed by atoms with Crippen LogP contribution in [-0.4, -0.2) is 50.9 Å². The zero-order valence-electron chi connectivity index (χ0n) is 13.1. The van der Waals surface area contributed by atoms with Gasteiger partial charge in [-0.25, -0.2) is 9.78 Å². The summed E-state index contributed by atoms with van der Waals surface area (Å²) in [7, 11) is 3.01. The molecular formula is C13H16N6O5. The lowest BCUT2D eigenvalue weighted by molar-refractivity contribution is -0.148. The minimum atomic E-state index is -0.752. The molecule has 2 heterocycles. The molecule has 0 atom stereocenters. The number of ether oxygens (including phenoxy) is 1. The highest BCUT2D eigenvalue weighted by Crippen LogP contribution is 2.03. The van der Waals surface area contributed by atoms with E-state index < -0.39 is 24.5 Å². The Bertz CT molecular complexity index is 839. The molecule has 24 heavy (non-hydrogen) atoms. The molecule has 2 aromatic rings. The average molecular weight is 336 g/mol. The Hall–Kier alpha value is -3.24. The first-order chi connectivity index (χ1) is 11.4. The summed E-state index contributed by atoms with van der Waals surface area (Å²) in [6, 6.07) is -0.696. The molecule has 0 aliphatic heterocycles. The Morgan fingerprint density at radius 3 is 2.79 bits per heavy atom. The fourth-order valence-corrected chi connectivity index (χ4v) is 1.88. The summed E-state index contributed by atoms with van der Waals surface area (Å²) in [5, 5.41) is 8.43. The van der Waals surface area contributed by atoms with Gasteiger partial charge in [0.05, 0.1) is 18.9 Å². The molecule has 0 aliphatic carbocycles. The summed E-state index contributed by atoms with van der Waals surface area (Å²) < 4.78 is 7.45. The average Bonchev–Trinajstić information content (AvgIpc) is 2.94. The van der Waals surface area contributed by atoms with Gasteiger partial charge >= 0.3 is 12.0 Å². The van der Waals surface area contributed by atoms with Crippen molar-refractivity contribution in [1.29, 1.82) is 0 Å². The van der Waals surface area contributed by atoms with Gasteiger partial charge < -0.3 is 10.1 Å². The molecular weight excluding hydrogens is 320 g/mol. The van der Waals surface area contributed by atoms with Gasteiger partial charge in [-0.15, -0.1) is 0 Å². The molecule has 0 unspecified atom stereocenters. The molecule has 0 aliphatic rings. The van der Waals surface area contributed by atoms with Gasteiger partial charge in [0.15, 0.2) is 12.3 Å². The van der Waals surface area contributed by atoms with Crippen LogP contribution in [0, 0.1) is 0 Å². The monoisotopic (exact) mass is 336 g/mol. The number of hydrogen-bond acceptors (Lipinski definition) is 7. The van der Waals surface area contributed by atoms with Gasteiger partial charge in [0, 0.05) is 20.6 Å². The number of esters is 1. The number of imide groups is 1. The van der Waals surface area contributed by atoms with Gasteiger partial charge in [0.25, 0.3) is 11.5 Å². The highest BCUT2D eigenvalue weighted by Gasteiger charge is 2.12. The van der Waals surface area contributed by atoms with E-state index in [-0.39, 0.29) is 18.5 Å². The van der Waals surface area contributed by atoms with Crippen molar-refractivity contribution in [3.63, 3.8) is 0 Å². The Balaban J connectivity index is 1.88. The quantitative estimate of drug-likeness (QED) is 0.635. The molecule has 0 bridgehead atoms. The second-order valence-electron chi connectivity index (χ2n) is 4.79. The fraction of sp³-hybridized carbons (Fsp3) is 0.385. The first-order valence-electron chi connectivity index (χ1n) is 6.96. The predicted octanol–water partition coefficient (Wildman–Crippen LogP) is -1.48. The molecule has 11 nitrogen and oxygen atoms in total. The normalized spacial score (nSPS) is 10.4. The highest BCUT2D eigenvalue weighted by atomic mass is 16.5. The summed E-state index contributed by atoms with van der Waals surface area (Å²) in [6.45, 7) is -0.534. The van der Waals surface area contributed by atoms with Crippen LogP contribution in [0.15, 0.2) is 17.3 Å². The van der Waals surface area contributed by atoms with Crippen LogP contribution < -0.4 is 16.2 Å². The van der Waals surface area contributed by atoms with E-state index in [1.54, 1.807) is 7.05 Å². The lowest BCUT2D eigenvalue weighted by Crippen LogP contribution is -2.39. The zero-order valence-corrected chi connectivity index (χ0v) is 13.1. The van der Waals surface area contributed by atoms with Crippen molar-refractivity contribution in [2.24, 2.45) is 7.05 Å². The number of amides is 3. The van der Waals surface area contributed by atoms with Crippen LogP contribution in [-0.2, 0) is 27.9 Å². The molecule has 0 spiro atoms. The summed E-state index contributed by atoms with van der Waals surface area (Å²) in [5.41, 5.74) is 0.128. The summed E-state index contributed by atoms with van der Waals surface area (Å²) in [4.78, 5) is 50.0. The largest absolute Gasteiger partial charge is 0.456 e. The Morgan fingerprint density at radius 1 is 1.33 bits per heavy atom. The van der Waals surface area contributed by atoms with Crippen LogP contribution in [0.3, 0.4) is 0 Å². The first kappa shape index (κ1) is 17.1. The number of hydrogen-bond donors (Lipinski definition) is 2. The number of aromatic nitrogens is 4. The van der Waals surface area contributed by atoms with E-state index in [9.17, 15) is 19.2 Å². The van der Waals surface area contributed by atoms with E-state index in [4.69, 9.17) is 4.74 Å². The van der Waals surface area contributed by atoms with Crippen LogP contribution >= 0.6 is 0 Å². The number of nitrogens with zero attached hydrogens (tertiary/aromatic N) is 4. The number of carbonyl (C=O) groups is 3. The molecule has 0 aromatic carbocycles. The molecule has 11 heteroatoms. The standard InChI is InChI=1S/C13H16N6O5/c1-14-13(23)17-9(20)6-24-10(21)3-4-19-7-15-11-8(12(19)22)5-16-18(11)2/h5,7H,3-4,6H2,1-2H3,(H2,14,17,20,23). The molecule has 2 rings (SSSR count). The molecule has 128 valence electrons. The maximum atomic E-state index is 12.2. The summed E-state index contributed by atoms with van der Waals surface area (Å²) in [6.07, 6.45) is 2.60. The molecule has 2 aromatic heterocycles. The van der Waals surface area contributed by atoms with Crippen molar-refractivity contribution in [2.45, 2.75) is 13.0 Å². The van der Waals surface area contributed by atoms with E-state index in [0.29, 0.717) is 11.0 Å². The Morgan fingerprint density at radius 2 is 2.08 bits per heavy atom. The van der Waals surface area contributed by atoms with Crippen molar-refractivity contribution in [1.82, 2.24) is 30.0 Å². The van der Waals surface area contributed by atoms with E-state index in [2.05, 4.69) is 15.4 Å². The number of rotatable bonds is 5. The van der Waals surface area contributed by atoms with Gasteiger partial charge in [0.2, 0.25) is 0 Å². The first-order valence-corrected chi connectivity index (χ1v) is 6.96. The van der Waals surface area contributed by atoms with Gasteiger partial charge in [-0.1, -0.05) is 0 Å². The minimum absolute atomic E-state index is 0.0482. The number of aryl methyl sites for hydroxylation is 2. The molecule has 0 radical (unpaired) electrons. The number of nitrogens with one attached hydrogen (secondary N) is 2. The van der Waals surface area contributed by atoms with Crippen molar-refractivity contribution in [2.75, 3.05) is 13.7 Å². The van der Waals surface area contributed by atoms with Crippen molar-refractivity contribution in [3.05, 3.63) is 22.9 Å². The van der Waals surface area contributed by atoms with Gasteiger partial charge in [0.1, 0.15) is 5.39 Å². The van der Waals surface area contributed by atoms with Gasteiger partial charge in [-0.3, -0.25) is 28.9 Å². The highest BCUT2D eigenvalue weighted by molar-refractivity contribution is 5.95. The maximum absolute atomic E-state index is 12.2. The second kappa shape index (κ2) is 7.35. The molecule has 2 N–H and O–H groups in total. The second-order valence-corrected chi connectivity index (χ2v) is 4.79. The van der Waals surface area contributed by atoms with E-state index in [1.807, 2.05) is 5.32 Å². The maximum Gasteiger partial charge on any atom is 0.321 e. The summed E-state index contributed by atoms with van der Waals surface area (Å²) >= 11 is 0. The van der Waals surface area contributed by atoms with Gasteiger partial charge in [-0.05, 0) is 0 Å². The SMILES string of the molecule is CNC(=O)NC(=O)COC(=O)CCn1cnc2c(cnn2C)c1=O. The number of fused-ring (bicyclic) bond motifs is 1. The third kappa shape index (κ3) is 3.94. The molecule has 0 saturated carbocycles. The zero-order chi connectivity index (χ0) is 17.7. The van der Waals surface area contributed by atoms with Crippen LogP contribution in [0.4, 0.5) is 4.79 Å². The van der Waals surface area contributed by atoms with Crippen LogP contribution in [0.5, 0.6) is 0 Å². The smallest absolute Gasteiger partial charge is 0.321 e. The topological polar surface area (TPSA) is 137 Å². The minimum Gasteiger partial charge on any atom is -0.456 e. The lowest BCUT2D eigenvalue weighted by atomic mass is 10.4. The van der Waals surface area contributed by atoms with E-state index in [0.717, 1.165) is 0 Å². The van der Waals surface area contributed by atoms with Crippen LogP contribution in [0.1, 0.15) is 6.42 Å². The fourth-order valence-electron chi connectivity index (χ4n) is 1.88. The van der Waals surface area contributed by atoms with Gasteiger partial charge in [-0.2, -0.15) is 5.10 Å². The lowest BCUT2D eigenvalue weighted by Gasteiger charge is -2.07. The van der Waals surface area contributed by atoms with Crippen LogP contribution in [0.25, 0.3) is 11.0 Å². The molecule has 3 amide bonds. The van der Waals surface area contributed by atoms with Crippen molar-refractivity contribution >= 4 is 28.9 Å². The number of urea groups is 1. The van der Waals surface area contributed by atoms with E-state index >= 15 is 0 Å². The van der Waals surface area contributed by atoms with Crippen molar-refractivity contribution < 1.29 is 19.1 Å². The van der Waals surface area contributed by atoms with Crippen LogP contribution in [0.2, 0.25) is 0 Å². The predicted molar refractivity (Wildman–Crippen MR) is 80.9 cm³/mol. The third-order valence-corrected chi connectivity index (χ3v) is 3.12. The van der Waals surface area contributed by atoms with E-state index in [1.165, 1.54) is 28.8 Å². The summed E-state index contributed by atoms with van der Waals surface area (Å²) in [5.74, 6) is -1.43. The van der Waals surface area contributed by atoms with Crippen molar-refractivity contribution in [3.8, 4) is 0 Å². The molecule has 0 fully saturated rings. The third-order valence-electron chi connectivity index (χ3n) is 3.12. The Kier molecular flexibility index (Phi) is 5.24. The molecule has 0 saturated heterocycles. The Labute approximate surface area is 135 Å². The number of carbonyl (C=O) groups excluding carboxylic acids is 3.